The third kappa shape index (κ3) is 5.50. The third-order valence-electron chi connectivity index (χ3n) is 6.45. The largest absolute Gasteiger partial charge is 0.493 e. The van der Waals surface area contributed by atoms with E-state index in [1.807, 2.05) is 24.3 Å². The van der Waals surface area contributed by atoms with Gasteiger partial charge in [0.05, 0.1) is 25.2 Å². The van der Waals surface area contributed by atoms with Crippen molar-refractivity contribution in [3.63, 3.8) is 0 Å². The van der Waals surface area contributed by atoms with Crippen molar-refractivity contribution in [3.8, 4) is 11.5 Å². The van der Waals surface area contributed by atoms with E-state index in [1.54, 1.807) is 37.1 Å². The molecule has 3 aromatic heterocycles. The molecular formula is C28H33N5O4. The zero-order chi connectivity index (χ0) is 26.4. The van der Waals surface area contributed by atoms with Crippen molar-refractivity contribution < 1.29 is 14.3 Å². The maximum absolute atomic E-state index is 13.4. The molecule has 0 spiro atoms. The number of nitrogens with one attached hydrogen (secondary N) is 2. The first-order valence-corrected chi connectivity index (χ1v) is 12.6. The molecule has 0 fully saturated rings. The number of methoxy groups -OCH3 is 2. The molecule has 0 aliphatic heterocycles. The van der Waals surface area contributed by atoms with Crippen molar-refractivity contribution in [1.82, 2.24) is 19.3 Å². The summed E-state index contributed by atoms with van der Waals surface area (Å²) in [5, 5.41) is 12.1. The highest BCUT2D eigenvalue weighted by molar-refractivity contribution is 5.96. The number of aromatic nitrogens is 3. The Labute approximate surface area is 215 Å². The number of aryl methyl sites for hydroxylation is 2. The molecule has 0 bridgehead atoms. The second kappa shape index (κ2) is 11.7. The zero-order valence-electron chi connectivity index (χ0n) is 21.5. The standard InChI is InChI=1S/C28H33N5O4/c1-4-5-6-8-14-30-27(34)20-18-21-26(31-24-10-7-9-15-32(24)28(21)35)33(25(20)29)16-13-19-11-12-22(36-2)23(17-19)37-3/h7,9-12,15,17-18,29H,4-6,8,13-14,16H2,1-3H3,(H,30,34). The first-order chi connectivity index (χ1) is 18.0. The molecule has 0 aliphatic carbocycles. The van der Waals surface area contributed by atoms with Crippen LogP contribution in [0.3, 0.4) is 0 Å². The van der Waals surface area contributed by atoms with Crippen molar-refractivity contribution in [2.24, 2.45) is 0 Å². The molecule has 0 saturated heterocycles. The van der Waals surface area contributed by atoms with Gasteiger partial charge in [0, 0.05) is 19.3 Å². The van der Waals surface area contributed by atoms with Crippen LogP contribution in [0, 0.1) is 5.41 Å². The Bertz CT molecular complexity index is 1540. The molecular weight excluding hydrogens is 470 g/mol. The first kappa shape index (κ1) is 25.9. The van der Waals surface area contributed by atoms with E-state index in [-0.39, 0.29) is 22.5 Å². The topological polar surface area (TPSA) is 111 Å². The van der Waals surface area contributed by atoms with E-state index in [9.17, 15) is 9.59 Å². The van der Waals surface area contributed by atoms with E-state index in [2.05, 4.69) is 12.2 Å². The molecule has 9 nitrogen and oxygen atoms in total. The Hall–Kier alpha value is -4.14. The first-order valence-electron chi connectivity index (χ1n) is 12.6. The minimum absolute atomic E-state index is 0.0196. The number of ether oxygens (including phenoxy) is 2. The smallest absolute Gasteiger partial charge is 0.267 e. The molecule has 37 heavy (non-hydrogen) atoms. The van der Waals surface area contributed by atoms with Gasteiger partial charge in [0.15, 0.2) is 11.5 Å². The number of hydrogen-bond donors (Lipinski definition) is 2. The van der Waals surface area contributed by atoms with Gasteiger partial charge in [0.2, 0.25) is 0 Å². The summed E-state index contributed by atoms with van der Waals surface area (Å²) in [5.41, 5.74) is 1.71. The van der Waals surface area contributed by atoms with Crippen LogP contribution in [-0.4, -0.2) is 40.6 Å². The fourth-order valence-electron chi connectivity index (χ4n) is 4.40. The Morgan fingerprint density at radius 1 is 1.05 bits per heavy atom. The highest BCUT2D eigenvalue weighted by Crippen LogP contribution is 2.28. The molecule has 0 unspecified atom stereocenters. The van der Waals surface area contributed by atoms with Crippen molar-refractivity contribution in [1.29, 1.82) is 5.41 Å². The number of fused-ring (bicyclic) bond motifs is 2. The van der Waals surface area contributed by atoms with Gasteiger partial charge in [0.25, 0.3) is 11.5 Å². The summed E-state index contributed by atoms with van der Waals surface area (Å²) in [5.74, 6) is 0.879. The molecule has 1 amide bonds. The molecule has 3 heterocycles. The summed E-state index contributed by atoms with van der Waals surface area (Å²) in [4.78, 5) is 31.2. The van der Waals surface area contributed by atoms with Crippen molar-refractivity contribution in [2.45, 2.75) is 45.6 Å². The maximum atomic E-state index is 13.4. The highest BCUT2D eigenvalue weighted by atomic mass is 16.5. The number of benzene rings is 1. The van der Waals surface area contributed by atoms with Gasteiger partial charge in [-0.1, -0.05) is 38.3 Å². The predicted octanol–water partition coefficient (Wildman–Crippen LogP) is 3.70. The van der Waals surface area contributed by atoms with E-state index in [0.29, 0.717) is 47.7 Å². The van der Waals surface area contributed by atoms with E-state index in [4.69, 9.17) is 19.9 Å². The zero-order valence-corrected chi connectivity index (χ0v) is 21.5. The molecule has 4 aromatic rings. The lowest BCUT2D eigenvalue weighted by Crippen LogP contribution is -2.35. The SMILES string of the molecule is CCCCCCNC(=O)c1cc2c(=O)n3ccccc3nc2n(CCc2ccc(OC)c(OC)c2)c1=N. The second-order valence-corrected chi connectivity index (χ2v) is 8.90. The lowest BCUT2D eigenvalue weighted by Gasteiger charge is -2.15. The normalized spacial score (nSPS) is 11.1. The molecule has 2 N–H and O–H groups in total. The lowest BCUT2D eigenvalue weighted by atomic mass is 10.1. The molecule has 0 atom stereocenters. The summed E-state index contributed by atoms with van der Waals surface area (Å²) < 4.78 is 13.9. The minimum atomic E-state index is -0.360. The van der Waals surface area contributed by atoms with E-state index in [1.165, 1.54) is 10.5 Å². The van der Waals surface area contributed by atoms with E-state index >= 15 is 0 Å². The Kier molecular flexibility index (Phi) is 8.22. The van der Waals surface area contributed by atoms with Gasteiger partial charge in [-0.05, 0) is 48.7 Å². The van der Waals surface area contributed by atoms with Crippen LogP contribution < -0.4 is 25.8 Å². The average molecular weight is 504 g/mol. The maximum Gasteiger partial charge on any atom is 0.267 e. The molecule has 0 saturated carbocycles. The van der Waals surface area contributed by atoms with Gasteiger partial charge in [-0.15, -0.1) is 0 Å². The quantitative estimate of drug-likeness (QED) is 0.240. The van der Waals surface area contributed by atoms with Crippen LogP contribution in [0.5, 0.6) is 11.5 Å². The van der Waals surface area contributed by atoms with Gasteiger partial charge < -0.3 is 19.4 Å². The van der Waals surface area contributed by atoms with E-state index < -0.39 is 0 Å². The number of carbonyl (C=O) groups is 1. The molecule has 194 valence electrons. The molecule has 1 aromatic carbocycles. The van der Waals surface area contributed by atoms with Gasteiger partial charge >= 0.3 is 0 Å². The summed E-state index contributed by atoms with van der Waals surface area (Å²) >= 11 is 0. The molecule has 0 radical (unpaired) electrons. The van der Waals surface area contributed by atoms with Crippen molar-refractivity contribution in [2.75, 3.05) is 20.8 Å². The Morgan fingerprint density at radius 2 is 1.86 bits per heavy atom. The number of amides is 1. The molecule has 9 heteroatoms. The summed E-state index contributed by atoms with van der Waals surface area (Å²) in [6.07, 6.45) is 6.31. The second-order valence-electron chi connectivity index (χ2n) is 8.90. The predicted molar refractivity (Wildman–Crippen MR) is 143 cm³/mol. The molecule has 4 rings (SSSR count). The average Bonchev–Trinajstić information content (AvgIpc) is 2.92. The summed E-state index contributed by atoms with van der Waals surface area (Å²) in [7, 11) is 3.17. The minimum Gasteiger partial charge on any atom is -0.493 e. The number of hydrogen-bond acceptors (Lipinski definition) is 6. The van der Waals surface area contributed by atoms with Gasteiger partial charge in [-0.25, -0.2) is 4.98 Å². The fraction of sp³-hybridized carbons (Fsp3) is 0.357. The van der Waals surface area contributed by atoms with E-state index in [0.717, 1.165) is 31.2 Å². The fourth-order valence-corrected chi connectivity index (χ4v) is 4.40. The van der Waals surface area contributed by atoms with Crippen LogP contribution in [-0.2, 0) is 13.0 Å². The van der Waals surface area contributed by atoms with Crippen molar-refractivity contribution in [3.05, 3.63) is 75.6 Å². The number of rotatable bonds is 11. The number of nitrogens with zero attached hydrogens (tertiary/aromatic N) is 3. The van der Waals surface area contributed by atoms with Crippen LogP contribution >= 0.6 is 0 Å². The van der Waals surface area contributed by atoms with Crippen LogP contribution in [0.15, 0.2) is 53.5 Å². The van der Waals surface area contributed by atoms with Crippen LogP contribution in [0.2, 0.25) is 0 Å². The van der Waals surface area contributed by atoms with Gasteiger partial charge in [-0.2, -0.15) is 0 Å². The Morgan fingerprint density at radius 3 is 2.62 bits per heavy atom. The van der Waals surface area contributed by atoms with Gasteiger partial charge in [0.1, 0.15) is 16.8 Å². The van der Waals surface area contributed by atoms with Crippen molar-refractivity contribution >= 4 is 22.6 Å². The Balaban J connectivity index is 1.76. The number of carbonyl (C=O) groups excluding carboxylic acids is 1. The highest BCUT2D eigenvalue weighted by Gasteiger charge is 2.17. The van der Waals surface area contributed by atoms with Crippen LogP contribution in [0.1, 0.15) is 48.5 Å². The lowest BCUT2D eigenvalue weighted by molar-refractivity contribution is 0.0950. The van der Waals surface area contributed by atoms with Crippen LogP contribution in [0.4, 0.5) is 0 Å². The third-order valence-corrected chi connectivity index (χ3v) is 6.45. The van der Waals surface area contributed by atoms with Gasteiger partial charge in [-0.3, -0.25) is 19.4 Å². The number of pyridine rings is 2. The molecule has 0 aliphatic rings. The van der Waals surface area contributed by atoms with Crippen LogP contribution in [0.25, 0.3) is 16.7 Å². The number of unbranched alkanes of at least 4 members (excludes halogenated alkanes) is 3. The summed E-state index contributed by atoms with van der Waals surface area (Å²) in [6.45, 7) is 3.01. The monoisotopic (exact) mass is 503 g/mol. The summed E-state index contributed by atoms with van der Waals surface area (Å²) in [6, 6.07) is 12.5.